The van der Waals surface area contributed by atoms with Crippen LogP contribution in [0.5, 0.6) is 0 Å². The van der Waals surface area contributed by atoms with E-state index < -0.39 is 41.2 Å². The topological polar surface area (TPSA) is 95.7 Å². The molecule has 0 spiro atoms. The van der Waals surface area contributed by atoms with Crippen LogP contribution in [0, 0.1) is 0 Å². The van der Waals surface area contributed by atoms with Gasteiger partial charge in [0.15, 0.2) is 16.6 Å². The highest BCUT2D eigenvalue weighted by molar-refractivity contribution is 7.92. The van der Waals surface area contributed by atoms with Crippen molar-refractivity contribution >= 4 is 40.1 Å². The molecule has 30 heavy (non-hydrogen) atoms. The minimum absolute atomic E-state index is 0.0176. The molecule has 1 atom stereocenters. The first-order valence-corrected chi connectivity index (χ1v) is 10.5. The summed E-state index contributed by atoms with van der Waals surface area (Å²) < 4.78 is 50.5. The van der Waals surface area contributed by atoms with Gasteiger partial charge in [-0.3, -0.25) is 9.78 Å². The standard InChI is InChI=1S/C17H19ClF3N5O3S/c1-3-25(14-10-26(23-15(14)18)12-5-4-7-22-9-12)16(27)13(24-29-2)11-30(28)8-6-17(19,20)21/h4-5,7,9-10H,3,6,8,11H2,1-2H3/b24-13+. The van der Waals surface area contributed by atoms with Crippen molar-refractivity contribution in [3.63, 3.8) is 0 Å². The Kier molecular flexibility index (Phi) is 8.50. The van der Waals surface area contributed by atoms with Crippen LogP contribution in [0.15, 0.2) is 35.9 Å². The molecule has 0 N–H and O–H groups in total. The minimum atomic E-state index is -4.44. The van der Waals surface area contributed by atoms with E-state index >= 15 is 0 Å². The van der Waals surface area contributed by atoms with Gasteiger partial charge in [-0.15, -0.1) is 0 Å². The molecule has 0 bridgehead atoms. The fourth-order valence-corrected chi connectivity index (χ4v) is 3.73. The number of rotatable bonds is 9. The number of hydrogen-bond acceptors (Lipinski definition) is 6. The van der Waals surface area contributed by atoms with Crippen molar-refractivity contribution in [3.05, 3.63) is 35.9 Å². The van der Waals surface area contributed by atoms with Crippen molar-refractivity contribution in [2.24, 2.45) is 5.16 Å². The van der Waals surface area contributed by atoms with Gasteiger partial charge in [0.2, 0.25) is 0 Å². The SMILES string of the molecule is CCN(C(=O)/C(C[S+]([O-])CCC(F)(F)F)=N/OC)c1cn(-c2cccnc2)nc1Cl. The molecular weight excluding hydrogens is 447 g/mol. The molecule has 0 aromatic carbocycles. The molecule has 13 heteroatoms. The van der Waals surface area contributed by atoms with Crippen LogP contribution in [-0.2, 0) is 20.8 Å². The third kappa shape index (κ3) is 6.61. The molecule has 0 saturated heterocycles. The van der Waals surface area contributed by atoms with Crippen LogP contribution >= 0.6 is 11.6 Å². The van der Waals surface area contributed by atoms with E-state index in [0.717, 1.165) is 0 Å². The molecule has 1 unspecified atom stereocenters. The Bertz CT molecular complexity index is 879. The summed E-state index contributed by atoms with van der Waals surface area (Å²) in [5, 5.41) is 7.73. The molecular formula is C17H19ClF3N5O3S. The normalized spacial score (nSPS) is 13.2. The number of hydrogen-bond donors (Lipinski definition) is 0. The van der Waals surface area contributed by atoms with Crippen molar-refractivity contribution in [1.82, 2.24) is 14.8 Å². The summed E-state index contributed by atoms with van der Waals surface area (Å²) >= 11 is 4.23. The first-order chi connectivity index (χ1) is 14.2. The van der Waals surface area contributed by atoms with Gasteiger partial charge >= 0.3 is 6.18 Å². The molecule has 0 aliphatic carbocycles. The smallest absolute Gasteiger partial charge is 0.393 e. The average molecular weight is 466 g/mol. The van der Waals surface area contributed by atoms with Crippen LogP contribution in [0.4, 0.5) is 18.9 Å². The third-order valence-electron chi connectivity index (χ3n) is 3.77. The van der Waals surface area contributed by atoms with E-state index in [1.807, 2.05) is 0 Å². The number of alkyl halides is 3. The first-order valence-electron chi connectivity index (χ1n) is 8.65. The second-order valence-corrected chi connectivity index (χ2v) is 7.82. The number of amides is 1. The van der Waals surface area contributed by atoms with E-state index in [2.05, 4.69) is 20.1 Å². The second-order valence-electron chi connectivity index (χ2n) is 5.88. The van der Waals surface area contributed by atoms with Crippen LogP contribution in [-0.4, -0.2) is 62.3 Å². The highest BCUT2D eigenvalue weighted by atomic mass is 35.5. The van der Waals surface area contributed by atoms with Crippen molar-refractivity contribution in [2.75, 3.05) is 30.1 Å². The molecule has 0 saturated carbocycles. The van der Waals surface area contributed by atoms with Gasteiger partial charge in [0.25, 0.3) is 5.91 Å². The average Bonchev–Trinajstić information content (AvgIpc) is 3.08. The number of pyridine rings is 1. The molecule has 164 valence electrons. The highest BCUT2D eigenvalue weighted by Crippen LogP contribution is 2.26. The lowest BCUT2D eigenvalue weighted by Gasteiger charge is -2.21. The van der Waals surface area contributed by atoms with Gasteiger partial charge in [0.05, 0.1) is 24.5 Å². The van der Waals surface area contributed by atoms with Gasteiger partial charge < -0.3 is 14.3 Å². The number of oxime groups is 1. The maximum Gasteiger partial charge on any atom is 0.393 e. The first kappa shape index (κ1) is 24.0. The predicted molar refractivity (Wildman–Crippen MR) is 107 cm³/mol. The van der Waals surface area contributed by atoms with Crippen LogP contribution in [0.3, 0.4) is 0 Å². The molecule has 8 nitrogen and oxygen atoms in total. The van der Waals surface area contributed by atoms with Gasteiger partial charge in [0.1, 0.15) is 18.6 Å². The summed E-state index contributed by atoms with van der Waals surface area (Å²) in [7, 11) is 1.18. The summed E-state index contributed by atoms with van der Waals surface area (Å²) in [5.41, 5.74) is 0.566. The zero-order valence-corrected chi connectivity index (χ0v) is 17.7. The van der Waals surface area contributed by atoms with Gasteiger partial charge in [-0.2, -0.15) is 18.3 Å². The largest absolute Gasteiger partial charge is 0.616 e. The van der Waals surface area contributed by atoms with E-state index in [1.165, 1.54) is 22.9 Å². The number of halogens is 4. The number of nitrogens with zero attached hydrogens (tertiary/aromatic N) is 5. The van der Waals surface area contributed by atoms with Crippen LogP contribution in [0.25, 0.3) is 5.69 Å². The van der Waals surface area contributed by atoms with E-state index in [4.69, 9.17) is 11.6 Å². The van der Waals surface area contributed by atoms with Crippen molar-refractivity contribution in [1.29, 1.82) is 0 Å². The van der Waals surface area contributed by atoms with Crippen LogP contribution in [0.2, 0.25) is 5.15 Å². The lowest BCUT2D eigenvalue weighted by Crippen LogP contribution is -2.40. The van der Waals surface area contributed by atoms with Crippen LogP contribution in [0.1, 0.15) is 13.3 Å². The molecule has 0 fully saturated rings. The molecule has 2 heterocycles. The Labute approximate surface area is 178 Å². The molecule has 2 aromatic rings. The van der Waals surface area contributed by atoms with Gasteiger partial charge in [-0.25, -0.2) is 4.68 Å². The Morgan fingerprint density at radius 3 is 2.77 bits per heavy atom. The van der Waals surface area contributed by atoms with E-state index in [-0.39, 0.29) is 23.1 Å². The number of anilines is 1. The Morgan fingerprint density at radius 2 is 2.20 bits per heavy atom. The molecule has 0 aliphatic heterocycles. The molecule has 0 aliphatic rings. The minimum Gasteiger partial charge on any atom is -0.616 e. The van der Waals surface area contributed by atoms with Gasteiger partial charge in [-0.1, -0.05) is 16.8 Å². The fraction of sp³-hybridized carbons (Fsp3) is 0.412. The number of aromatic nitrogens is 3. The molecule has 2 aromatic heterocycles. The van der Waals surface area contributed by atoms with Gasteiger partial charge in [0, 0.05) is 12.7 Å². The number of carbonyl (C=O) groups excluding carboxylic acids is 1. The fourth-order valence-electron chi connectivity index (χ4n) is 2.42. The second kappa shape index (κ2) is 10.6. The highest BCUT2D eigenvalue weighted by Gasteiger charge is 2.32. The monoisotopic (exact) mass is 465 g/mol. The van der Waals surface area contributed by atoms with E-state index in [9.17, 15) is 22.5 Å². The summed E-state index contributed by atoms with van der Waals surface area (Å²) in [6, 6.07) is 3.44. The summed E-state index contributed by atoms with van der Waals surface area (Å²) in [5.74, 6) is -1.84. The molecule has 0 radical (unpaired) electrons. The van der Waals surface area contributed by atoms with E-state index in [1.54, 1.807) is 31.5 Å². The van der Waals surface area contributed by atoms with Gasteiger partial charge in [-0.05, 0) is 30.2 Å². The maximum atomic E-state index is 12.9. The van der Waals surface area contributed by atoms with Crippen LogP contribution < -0.4 is 4.90 Å². The lowest BCUT2D eigenvalue weighted by molar-refractivity contribution is -0.129. The quantitative estimate of drug-likeness (QED) is 0.322. The van der Waals surface area contributed by atoms with Crippen molar-refractivity contribution in [3.8, 4) is 5.69 Å². The summed E-state index contributed by atoms with van der Waals surface area (Å²) in [6.07, 6.45) is -1.03. The third-order valence-corrected chi connectivity index (χ3v) is 5.30. The van der Waals surface area contributed by atoms with E-state index in [0.29, 0.717) is 5.69 Å². The Morgan fingerprint density at radius 1 is 1.47 bits per heavy atom. The zero-order chi connectivity index (χ0) is 22.3. The maximum absolute atomic E-state index is 12.9. The Balaban J connectivity index is 2.22. The molecule has 1 amide bonds. The zero-order valence-electron chi connectivity index (χ0n) is 16.1. The predicted octanol–water partition coefficient (Wildman–Crippen LogP) is 2.98. The summed E-state index contributed by atoms with van der Waals surface area (Å²) in [6.45, 7) is 1.82. The molecule has 2 rings (SSSR count). The number of carbonyl (C=O) groups is 1. The van der Waals surface area contributed by atoms with Crippen molar-refractivity contribution < 1.29 is 27.4 Å². The summed E-state index contributed by atoms with van der Waals surface area (Å²) in [4.78, 5) is 22.8. The van der Waals surface area contributed by atoms with Crippen molar-refractivity contribution in [2.45, 2.75) is 19.5 Å². The Hall–Kier alpha value is -2.31. The lowest BCUT2D eigenvalue weighted by atomic mass is 10.3.